The zero-order valence-corrected chi connectivity index (χ0v) is 25.7. The number of methoxy groups -OCH3 is 1. The summed E-state index contributed by atoms with van der Waals surface area (Å²) >= 11 is 12.5. The van der Waals surface area contributed by atoms with Crippen molar-refractivity contribution in [2.45, 2.75) is 38.8 Å². The van der Waals surface area contributed by atoms with Gasteiger partial charge in [0, 0.05) is 24.5 Å². The number of carbonyl (C=O) groups excluding carboxylic acids is 2. The third-order valence-electron chi connectivity index (χ3n) is 6.44. The molecule has 0 radical (unpaired) electrons. The molecule has 0 heterocycles. The van der Waals surface area contributed by atoms with Gasteiger partial charge in [0.1, 0.15) is 18.3 Å². The lowest BCUT2D eigenvalue weighted by Crippen LogP contribution is -2.53. The summed E-state index contributed by atoms with van der Waals surface area (Å²) in [5, 5.41) is 3.33. The van der Waals surface area contributed by atoms with E-state index in [-0.39, 0.29) is 34.6 Å². The highest BCUT2D eigenvalue weighted by molar-refractivity contribution is 7.92. The largest absolute Gasteiger partial charge is 0.497 e. The van der Waals surface area contributed by atoms with Crippen LogP contribution in [0, 0.1) is 0 Å². The van der Waals surface area contributed by atoms with Gasteiger partial charge >= 0.3 is 0 Å². The number of sulfonamides is 1. The molecule has 0 fully saturated rings. The Balaban J connectivity index is 2.07. The molecule has 2 amide bonds. The van der Waals surface area contributed by atoms with Crippen LogP contribution in [-0.2, 0) is 32.6 Å². The first-order chi connectivity index (χ1) is 19.5. The Morgan fingerprint density at radius 1 is 0.976 bits per heavy atom. The van der Waals surface area contributed by atoms with Crippen molar-refractivity contribution in [2.24, 2.45) is 0 Å². The van der Waals surface area contributed by atoms with Gasteiger partial charge < -0.3 is 15.0 Å². The molecule has 0 spiro atoms. The van der Waals surface area contributed by atoms with Crippen LogP contribution in [0.15, 0.2) is 72.8 Å². The number of unbranched alkanes of at least 4 members (excludes halogenated alkanes) is 1. The van der Waals surface area contributed by atoms with E-state index in [1.165, 1.54) is 23.1 Å². The van der Waals surface area contributed by atoms with Crippen LogP contribution in [0.4, 0.5) is 5.69 Å². The quantitative estimate of drug-likeness (QED) is 0.246. The molecule has 41 heavy (non-hydrogen) atoms. The number of benzene rings is 3. The summed E-state index contributed by atoms with van der Waals surface area (Å²) in [7, 11) is -2.43. The van der Waals surface area contributed by atoms with Gasteiger partial charge in [-0.15, -0.1) is 0 Å². The Bertz CT molecular complexity index is 1440. The van der Waals surface area contributed by atoms with E-state index in [2.05, 4.69) is 5.32 Å². The number of nitrogens with one attached hydrogen (secondary N) is 1. The van der Waals surface area contributed by atoms with Gasteiger partial charge in [0.2, 0.25) is 21.8 Å². The minimum Gasteiger partial charge on any atom is -0.497 e. The van der Waals surface area contributed by atoms with Crippen LogP contribution in [0.3, 0.4) is 0 Å². The second kappa shape index (κ2) is 15.1. The van der Waals surface area contributed by atoms with Crippen molar-refractivity contribution >= 4 is 50.7 Å². The lowest BCUT2D eigenvalue weighted by atomic mass is 10.0. The molecule has 1 atom stereocenters. The second-order valence-corrected chi connectivity index (χ2v) is 12.3. The fourth-order valence-electron chi connectivity index (χ4n) is 4.30. The molecule has 3 rings (SSSR count). The van der Waals surface area contributed by atoms with E-state index in [1.54, 1.807) is 25.3 Å². The summed E-state index contributed by atoms with van der Waals surface area (Å²) in [6.07, 6.45) is 2.89. The molecule has 0 aromatic heterocycles. The number of rotatable bonds is 14. The predicted molar refractivity (Wildman–Crippen MR) is 164 cm³/mol. The van der Waals surface area contributed by atoms with Crippen LogP contribution < -0.4 is 14.4 Å². The van der Waals surface area contributed by atoms with E-state index < -0.39 is 28.5 Å². The van der Waals surface area contributed by atoms with Crippen molar-refractivity contribution in [1.29, 1.82) is 0 Å². The average Bonchev–Trinajstić information content (AvgIpc) is 2.95. The van der Waals surface area contributed by atoms with Gasteiger partial charge in [-0.05, 0) is 47.9 Å². The van der Waals surface area contributed by atoms with Crippen LogP contribution >= 0.6 is 23.2 Å². The van der Waals surface area contributed by atoms with Crippen molar-refractivity contribution in [1.82, 2.24) is 10.2 Å². The lowest BCUT2D eigenvalue weighted by molar-refractivity contribution is -0.140. The fourth-order valence-corrected chi connectivity index (χ4v) is 5.59. The molecule has 0 aliphatic carbocycles. The normalized spacial score (nSPS) is 11.9. The van der Waals surface area contributed by atoms with E-state index in [0.717, 1.165) is 29.0 Å². The molecule has 0 aliphatic heterocycles. The minimum absolute atomic E-state index is 0.0373. The van der Waals surface area contributed by atoms with Crippen LogP contribution in [-0.4, -0.2) is 57.6 Å². The third-order valence-corrected chi connectivity index (χ3v) is 8.12. The molecule has 0 saturated heterocycles. The molecule has 220 valence electrons. The van der Waals surface area contributed by atoms with Crippen LogP contribution in [0.5, 0.6) is 5.75 Å². The average molecular weight is 621 g/mol. The molecule has 3 aromatic rings. The van der Waals surface area contributed by atoms with Crippen molar-refractivity contribution in [2.75, 3.05) is 30.8 Å². The van der Waals surface area contributed by atoms with Gasteiger partial charge in [0.05, 0.1) is 24.1 Å². The minimum atomic E-state index is -3.97. The second-order valence-electron chi connectivity index (χ2n) is 9.59. The molecule has 0 aliphatic rings. The van der Waals surface area contributed by atoms with Crippen molar-refractivity contribution in [3.05, 3.63) is 94.0 Å². The Kier molecular flexibility index (Phi) is 11.9. The Labute approximate surface area is 252 Å². The molecule has 1 N–H and O–H groups in total. The standard InChI is InChI=1S/C30H35Cl2N3O5S/c1-4-5-16-33-30(37)28(18-22-10-7-6-8-11-22)34(20-23-12-9-13-25(17-23)40-2)29(36)21-35(41(3,38)39)27-19-24(31)14-15-26(27)32/h6-15,17,19,28H,4-5,16,18,20-21H2,1-3H3,(H,33,37)/t28-/m0/s1. The summed E-state index contributed by atoms with van der Waals surface area (Å²) in [6.45, 7) is 1.92. The SMILES string of the molecule is CCCCNC(=O)[C@H](Cc1ccccc1)N(Cc1cccc(OC)c1)C(=O)CN(c1cc(Cl)ccc1Cl)S(C)(=O)=O. The predicted octanol–water partition coefficient (Wildman–Crippen LogP) is 5.32. The van der Waals surface area contributed by atoms with Gasteiger partial charge in [-0.1, -0.05) is 79.0 Å². The van der Waals surface area contributed by atoms with Gasteiger partial charge in [0.25, 0.3) is 0 Å². The highest BCUT2D eigenvalue weighted by atomic mass is 35.5. The molecule has 0 unspecified atom stereocenters. The van der Waals surface area contributed by atoms with E-state index in [1.807, 2.05) is 43.3 Å². The molecule has 0 bridgehead atoms. The lowest BCUT2D eigenvalue weighted by Gasteiger charge is -2.33. The summed E-state index contributed by atoms with van der Waals surface area (Å²) < 4.78 is 32.1. The third kappa shape index (κ3) is 9.38. The Hall–Kier alpha value is -3.27. The Morgan fingerprint density at radius 2 is 1.68 bits per heavy atom. The van der Waals surface area contributed by atoms with Crippen LogP contribution in [0.25, 0.3) is 0 Å². The maximum Gasteiger partial charge on any atom is 0.244 e. The summed E-state index contributed by atoms with van der Waals surface area (Å²) in [5.74, 6) is -0.323. The zero-order valence-electron chi connectivity index (χ0n) is 23.3. The summed E-state index contributed by atoms with van der Waals surface area (Å²) in [6, 6.07) is 20.0. The number of halogens is 2. The van der Waals surface area contributed by atoms with Crippen molar-refractivity contribution in [3.63, 3.8) is 0 Å². The zero-order chi connectivity index (χ0) is 30.0. The first-order valence-corrected chi connectivity index (χ1v) is 15.8. The monoisotopic (exact) mass is 619 g/mol. The maximum absolute atomic E-state index is 14.1. The number of carbonyl (C=O) groups is 2. The van der Waals surface area contributed by atoms with E-state index in [9.17, 15) is 18.0 Å². The maximum atomic E-state index is 14.1. The smallest absolute Gasteiger partial charge is 0.244 e. The number of hydrogen-bond donors (Lipinski definition) is 1. The van der Waals surface area contributed by atoms with E-state index in [4.69, 9.17) is 27.9 Å². The van der Waals surface area contributed by atoms with Gasteiger partial charge in [-0.3, -0.25) is 13.9 Å². The first-order valence-electron chi connectivity index (χ1n) is 13.2. The molecular weight excluding hydrogens is 585 g/mol. The Morgan fingerprint density at radius 3 is 2.34 bits per heavy atom. The molecule has 3 aromatic carbocycles. The van der Waals surface area contributed by atoms with Gasteiger partial charge in [0.15, 0.2) is 0 Å². The van der Waals surface area contributed by atoms with Crippen LogP contribution in [0.1, 0.15) is 30.9 Å². The van der Waals surface area contributed by atoms with Gasteiger partial charge in [-0.25, -0.2) is 8.42 Å². The number of amides is 2. The summed E-state index contributed by atoms with van der Waals surface area (Å²) in [4.78, 5) is 29.2. The summed E-state index contributed by atoms with van der Waals surface area (Å²) in [5.41, 5.74) is 1.64. The molecule has 0 saturated carbocycles. The molecule has 11 heteroatoms. The van der Waals surface area contributed by atoms with Crippen molar-refractivity contribution < 1.29 is 22.7 Å². The number of ether oxygens (including phenoxy) is 1. The highest BCUT2D eigenvalue weighted by Gasteiger charge is 2.33. The number of nitrogens with zero attached hydrogens (tertiary/aromatic N) is 2. The first kappa shape index (κ1) is 32.2. The van der Waals surface area contributed by atoms with Crippen LogP contribution in [0.2, 0.25) is 10.0 Å². The number of hydrogen-bond acceptors (Lipinski definition) is 5. The van der Waals surface area contributed by atoms with E-state index >= 15 is 0 Å². The topological polar surface area (TPSA) is 96.0 Å². The molecule has 8 nitrogen and oxygen atoms in total. The number of anilines is 1. The highest BCUT2D eigenvalue weighted by Crippen LogP contribution is 2.31. The fraction of sp³-hybridized carbons (Fsp3) is 0.333. The van der Waals surface area contributed by atoms with Gasteiger partial charge in [-0.2, -0.15) is 0 Å². The van der Waals surface area contributed by atoms with Crippen molar-refractivity contribution in [3.8, 4) is 5.75 Å². The molecular formula is C30H35Cl2N3O5S. The van der Waals surface area contributed by atoms with E-state index in [0.29, 0.717) is 17.9 Å².